The Hall–Kier alpha value is -0.0600. The Morgan fingerprint density at radius 1 is 1.25 bits per heavy atom. The van der Waals surface area contributed by atoms with Gasteiger partial charge in [-0.25, -0.2) is 0 Å². The van der Waals surface area contributed by atoms with E-state index in [2.05, 4.69) is 31.9 Å². The lowest BCUT2D eigenvalue weighted by atomic mass is 10.2. The van der Waals surface area contributed by atoms with E-state index in [1.54, 1.807) is 0 Å². The molecule has 0 atom stereocenters. The zero-order valence-electron chi connectivity index (χ0n) is 6.14. The largest absolute Gasteiger partial charge is 0.466 e. The average Bonchev–Trinajstić information content (AvgIpc) is 2.04. The number of halogens is 2. The molecule has 0 unspecified atom stereocenters. The van der Waals surface area contributed by atoms with Gasteiger partial charge >= 0.3 is 0 Å². The zero-order chi connectivity index (χ0) is 8.55. The summed E-state index contributed by atoms with van der Waals surface area (Å²) in [5.41, 5.74) is 1.07. The molecule has 0 amide bonds. The first-order valence-electron chi connectivity index (χ1n) is 3.46. The molecule has 0 saturated carbocycles. The predicted molar refractivity (Wildman–Crippen MR) is 52.1 cm³/mol. The van der Waals surface area contributed by atoms with Crippen LogP contribution in [0.25, 0.3) is 0 Å². The molecule has 0 bridgehead atoms. The van der Waals surface area contributed by atoms with Crippen LogP contribution in [0.5, 0.6) is 5.75 Å². The van der Waals surface area contributed by atoms with Crippen molar-refractivity contribution >= 4 is 31.9 Å². The van der Waals surface area contributed by atoms with Crippen LogP contribution >= 0.6 is 31.9 Å². The number of rotatable bonds is 0. The van der Waals surface area contributed by atoms with Crippen LogP contribution in [-0.2, 0) is 11.3 Å². The SMILES string of the molecule is Brc1cc(Br)c2c(c1)COCO2. The van der Waals surface area contributed by atoms with Crippen molar-refractivity contribution in [3.05, 3.63) is 26.6 Å². The minimum absolute atomic E-state index is 0.341. The van der Waals surface area contributed by atoms with Crippen molar-refractivity contribution in [2.24, 2.45) is 0 Å². The number of ether oxygens (including phenoxy) is 2. The topological polar surface area (TPSA) is 18.5 Å². The van der Waals surface area contributed by atoms with Gasteiger partial charge in [0.1, 0.15) is 5.75 Å². The van der Waals surface area contributed by atoms with E-state index in [1.165, 1.54) is 0 Å². The highest BCUT2D eigenvalue weighted by atomic mass is 79.9. The van der Waals surface area contributed by atoms with Crippen molar-refractivity contribution in [1.82, 2.24) is 0 Å². The fourth-order valence-electron chi connectivity index (χ4n) is 1.13. The number of benzene rings is 1. The quantitative estimate of drug-likeness (QED) is 0.732. The molecule has 0 saturated heterocycles. The van der Waals surface area contributed by atoms with Gasteiger partial charge in [0.05, 0.1) is 11.1 Å². The van der Waals surface area contributed by atoms with Crippen LogP contribution in [0.4, 0.5) is 0 Å². The highest BCUT2D eigenvalue weighted by Gasteiger charge is 2.14. The van der Waals surface area contributed by atoms with E-state index in [1.807, 2.05) is 12.1 Å². The summed E-state index contributed by atoms with van der Waals surface area (Å²) in [6.07, 6.45) is 0. The molecule has 2 rings (SSSR count). The smallest absolute Gasteiger partial charge is 0.189 e. The second-order valence-electron chi connectivity index (χ2n) is 2.49. The second-order valence-corrected chi connectivity index (χ2v) is 4.26. The minimum atomic E-state index is 0.341. The lowest BCUT2D eigenvalue weighted by molar-refractivity contribution is -0.0169. The third-order valence-electron chi connectivity index (χ3n) is 1.63. The molecule has 12 heavy (non-hydrogen) atoms. The summed E-state index contributed by atoms with van der Waals surface area (Å²) < 4.78 is 12.5. The highest BCUT2D eigenvalue weighted by Crippen LogP contribution is 2.35. The Morgan fingerprint density at radius 3 is 2.92 bits per heavy atom. The second kappa shape index (κ2) is 3.36. The van der Waals surface area contributed by atoms with Gasteiger partial charge in [-0.05, 0) is 28.1 Å². The standard InChI is InChI=1S/C8H6Br2O2/c9-6-1-5-3-11-4-12-8(5)7(10)2-6/h1-2H,3-4H2. The first-order valence-corrected chi connectivity index (χ1v) is 5.04. The summed E-state index contributed by atoms with van der Waals surface area (Å²) in [5.74, 6) is 0.893. The first kappa shape index (κ1) is 8.53. The molecule has 1 aromatic carbocycles. The van der Waals surface area contributed by atoms with Gasteiger partial charge in [0.25, 0.3) is 0 Å². The van der Waals surface area contributed by atoms with Crippen molar-refractivity contribution in [2.75, 3.05) is 6.79 Å². The summed E-state index contributed by atoms with van der Waals surface area (Å²) in [4.78, 5) is 0. The number of hydrogen-bond acceptors (Lipinski definition) is 2. The molecule has 4 heteroatoms. The van der Waals surface area contributed by atoms with Crippen molar-refractivity contribution in [2.45, 2.75) is 6.61 Å². The van der Waals surface area contributed by atoms with Crippen molar-refractivity contribution in [3.63, 3.8) is 0 Å². The summed E-state index contributed by atoms with van der Waals surface area (Å²) in [7, 11) is 0. The Kier molecular flexibility index (Phi) is 2.39. The van der Waals surface area contributed by atoms with Gasteiger partial charge in [0, 0.05) is 10.0 Å². The van der Waals surface area contributed by atoms with Gasteiger partial charge in [-0.2, -0.15) is 0 Å². The summed E-state index contributed by atoms with van der Waals surface area (Å²) in [5, 5.41) is 0. The van der Waals surface area contributed by atoms with Crippen LogP contribution in [0.2, 0.25) is 0 Å². The molecule has 1 heterocycles. The maximum absolute atomic E-state index is 5.32. The van der Waals surface area contributed by atoms with E-state index in [4.69, 9.17) is 9.47 Å². The van der Waals surface area contributed by atoms with Crippen LogP contribution in [0.1, 0.15) is 5.56 Å². The number of hydrogen-bond donors (Lipinski definition) is 0. The van der Waals surface area contributed by atoms with Crippen molar-refractivity contribution in [3.8, 4) is 5.75 Å². The third kappa shape index (κ3) is 1.51. The fourth-order valence-corrected chi connectivity index (χ4v) is 2.56. The molecule has 0 radical (unpaired) electrons. The van der Waals surface area contributed by atoms with Gasteiger partial charge in [-0.15, -0.1) is 0 Å². The van der Waals surface area contributed by atoms with E-state index in [0.717, 1.165) is 20.3 Å². The Morgan fingerprint density at radius 2 is 2.08 bits per heavy atom. The molecule has 1 aliphatic rings. The van der Waals surface area contributed by atoms with E-state index in [-0.39, 0.29) is 0 Å². The third-order valence-corrected chi connectivity index (χ3v) is 2.68. The summed E-state index contributed by atoms with van der Waals surface area (Å²) >= 11 is 6.82. The Labute approximate surface area is 87.1 Å². The lowest BCUT2D eigenvalue weighted by Gasteiger charge is -2.18. The van der Waals surface area contributed by atoms with Gasteiger partial charge < -0.3 is 9.47 Å². The van der Waals surface area contributed by atoms with Crippen LogP contribution in [-0.4, -0.2) is 6.79 Å². The fraction of sp³-hybridized carbons (Fsp3) is 0.250. The molecule has 1 aliphatic heterocycles. The first-order chi connectivity index (χ1) is 5.77. The Balaban J connectivity index is 2.53. The monoisotopic (exact) mass is 292 g/mol. The summed E-state index contributed by atoms with van der Waals surface area (Å²) in [6.45, 7) is 0.959. The molecule has 0 N–H and O–H groups in total. The molecule has 0 aliphatic carbocycles. The maximum Gasteiger partial charge on any atom is 0.189 e. The Bertz CT molecular complexity index is 312. The molecule has 64 valence electrons. The predicted octanol–water partition coefficient (Wildman–Crippen LogP) is 3.08. The molecule has 2 nitrogen and oxygen atoms in total. The van der Waals surface area contributed by atoms with E-state index in [0.29, 0.717) is 13.4 Å². The van der Waals surface area contributed by atoms with Crippen LogP contribution < -0.4 is 4.74 Å². The summed E-state index contributed by atoms with van der Waals surface area (Å²) in [6, 6.07) is 3.96. The van der Waals surface area contributed by atoms with Crippen LogP contribution in [0.15, 0.2) is 21.1 Å². The molecule has 0 aromatic heterocycles. The molecular weight excluding hydrogens is 288 g/mol. The van der Waals surface area contributed by atoms with E-state index < -0.39 is 0 Å². The van der Waals surface area contributed by atoms with Crippen LogP contribution in [0.3, 0.4) is 0 Å². The van der Waals surface area contributed by atoms with Crippen LogP contribution in [0, 0.1) is 0 Å². The number of fused-ring (bicyclic) bond motifs is 1. The van der Waals surface area contributed by atoms with Gasteiger partial charge in [-0.3, -0.25) is 0 Å². The molecular formula is C8H6Br2O2. The molecule has 1 aromatic rings. The molecule has 0 fully saturated rings. The van der Waals surface area contributed by atoms with Gasteiger partial charge in [0.2, 0.25) is 0 Å². The van der Waals surface area contributed by atoms with Crippen molar-refractivity contribution < 1.29 is 9.47 Å². The van der Waals surface area contributed by atoms with E-state index >= 15 is 0 Å². The zero-order valence-corrected chi connectivity index (χ0v) is 9.31. The molecule has 0 spiro atoms. The highest BCUT2D eigenvalue weighted by molar-refractivity contribution is 9.11. The average molecular weight is 294 g/mol. The normalized spacial score (nSPS) is 15.2. The maximum atomic E-state index is 5.32. The van der Waals surface area contributed by atoms with E-state index in [9.17, 15) is 0 Å². The minimum Gasteiger partial charge on any atom is -0.466 e. The van der Waals surface area contributed by atoms with Crippen molar-refractivity contribution in [1.29, 1.82) is 0 Å². The van der Waals surface area contributed by atoms with Gasteiger partial charge in [0.15, 0.2) is 6.79 Å². The lowest BCUT2D eigenvalue weighted by Crippen LogP contribution is -2.11. The van der Waals surface area contributed by atoms with Gasteiger partial charge in [-0.1, -0.05) is 15.9 Å².